The minimum atomic E-state index is 0. The smallest absolute Gasteiger partial charge is 0.274 e. The van der Waals surface area contributed by atoms with Crippen LogP contribution in [0.2, 0.25) is 6.32 Å². The summed E-state index contributed by atoms with van der Waals surface area (Å²) < 4.78 is 4.94. The molecule has 0 spiro atoms. The van der Waals surface area contributed by atoms with Gasteiger partial charge < -0.3 is 4.65 Å². The largest absolute Gasteiger partial charge is 0.439 e. The van der Waals surface area contributed by atoms with E-state index in [1.165, 1.54) is 12.7 Å². The molecule has 1 aliphatic rings. The van der Waals surface area contributed by atoms with Gasteiger partial charge in [0.25, 0.3) is 7.48 Å². The minimum Gasteiger partial charge on any atom is -0.439 e. The summed E-state index contributed by atoms with van der Waals surface area (Å²) in [5, 5.41) is 0. The van der Waals surface area contributed by atoms with Crippen LogP contribution in [-0.2, 0) is 4.65 Å². The molecule has 1 saturated heterocycles. The van der Waals surface area contributed by atoms with Crippen molar-refractivity contribution in [3.63, 3.8) is 0 Å². The fraction of sp³-hybridized carbons (Fsp3) is 1.00. The van der Waals surface area contributed by atoms with Crippen molar-refractivity contribution in [2.75, 3.05) is 6.61 Å². The van der Waals surface area contributed by atoms with Crippen LogP contribution in [0.15, 0.2) is 0 Å². The van der Waals surface area contributed by atoms with E-state index in [9.17, 15) is 0 Å². The Kier molecular flexibility index (Phi) is 3.34. The highest BCUT2D eigenvalue weighted by Gasteiger charge is 1.98. The zero-order chi connectivity index (χ0) is 3.54. The summed E-state index contributed by atoms with van der Waals surface area (Å²) in [4.78, 5) is 0. The second kappa shape index (κ2) is 3.29. The highest BCUT2D eigenvalue weighted by atomic mass is 16.4. The molecule has 0 saturated carbocycles. The number of hydrogen-bond donors (Lipinski definition) is 0. The summed E-state index contributed by atoms with van der Waals surface area (Å²) in [6, 6.07) is 0. The van der Waals surface area contributed by atoms with Crippen LogP contribution in [0.3, 0.4) is 0 Å². The molecule has 1 rings (SSSR count). The normalized spacial score (nSPS) is 18.7. The van der Waals surface area contributed by atoms with Crippen molar-refractivity contribution in [1.82, 2.24) is 0 Å². The number of rotatable bonds is 0. The molecule has 0 atom stereocenters. The predicted octanol–water partition coefficient (Wildman–Crippen LogP) is -1.01. The maximum atomic E-state index is 4.94. The van der Waals surface area contributed by atoms with Crippen LogP contribution in [-0.4, -0.2) is 22.5 Å². The first kappa shape index (κ1) is 6.09. The van der Waals surface area contributed by atoms with Gasteiger partial charge in [-0.05, 0) is 12.7 Å². The fourth-order valence-electron chi connectivity index (χ4n) is 0.510. The van der Waals surface area contributed by atoms with Gasteiger partial charge in [0.1, 0.15) is 0 Å². The second-order valence-electron chi connectivity index (χ2n) is 1.32. The van der Waals surface area contributed by atoms with Gasteiger partial charge in [0.05, 0.1) is 8.41 Å². The van der Waals surface area contributed by atoms with Crippen molar-refractivity contribution in [1.29, 1.82) is 0 Å². The van der Waals surface area contributed by atoms with Crippen molar-refractivity contribution in [3.05, 3.63) is 0 Å². The Morgan fingerprint density at radius 2 is 2.33 bits per heavy atom. The first-order chi connectivity index (χ1) is 2.50. The fourth-order valence-corrected chi connectivity index (χ4v) is 0.510. The van der Waals surface area contributed by atoms with E-state index in [-0.39, 0.29) is 8.41 Å². The molecule has 0 aromatic heterocycles. The first-order valence-electron chi connectivity index (χ1n) is 2.08. The van der Waals surface area contributed by atoms with Crippen molar-refractivity contribution < 1.29 is 4.65 Å². The van der Waals surface area contributed by atoms with Gasteiger partial charge in [-0.2, -0.15) is 0 Å². The molecule has 1 nitrogen and oxygen atoms in total. The van der Waals surface area contributed by atoms with Crippen LogP contribution in [0.1, 0.15) is 6.42 Å². The lowest BCUT2D eigenvalue weighted by Crippen LogP contribution is -1.80. The van der Waals surface area contributed by atoms with Crippen LogP contribution in [0.4, 0.5) is 0 Å². The van der Waals surface area contributed by atoms with Gasteiger partial charge >= 0.3 is 0 Å². The average molecular weight is 83.7 g/mol. The van der Waals surface area contributed by atoms with Crippen LogP contribution in [0.25, 0.3) is 0 Å². The Morgan fingerprint density at radius 1 is 1.50 bits per heavy atom. The third-order valence-corrected chi connectivity index (χ3v) is 0.827. The van der Waals surface area contributed by atoms with Gasteiger partial charge in [0.15, 0.2) is 0 Å². The number of hydrogen-bond acceptors (Lipinski definition) is 1. The van der Waals surface area contributed by atoms with E-state index in [4.69, 9.17) is 4.65 Å². The molecule has 1 aliphatic heterocycles. The SMILES string of the molecule is B.B1CCCO1. The van der Waals surface area contributed by atoms with Gasteiger partial charge in [-0.3, -0.25) is 0 Å². The van der Waals surface area contributed by atoms with Crippen molar-refractivity contribution in [2.45, 2.75) is 12.7 Å². The molecular formula is C3H10B2O. The predicted molar refractivity (Wildman–Crippen MR) is 32.5 cm³/mol. The quantitative estimate of drug-likeness (QED) is 0.341. The zero-order valence-electron chi connectivity index (χ0n) is 3.24. The van der Waals surface area contributed by atoms with Gasteiger partial charge in [-0.25, -0.2) is 0 Å². The molecule has 0 amide bonds. The molecule has 0 unspecified atom stereocenters. The summed E-state index contributed by atoms with van der Waals surface area (Å²) in [6.07, 6.45) is 2.56. The molecule has 3 heteroatoms. The standard InChI is InChI=1S/C3H7BO.BH3/c1-2-4-5-3-1;/h4H,1-3H2;1H3. The van der Waals surface area contributed by atoms with Crippen molar-refractivity contribution in [3.8, 4) is 0 Å². The molecule has 0 radical (unpaired) electrons. The Bertz CT molecular complexity index is 20.4. The van der Waals surface area contributed by atoms with E-state index >= 15 is 0 Å². The van der Waals surface area contributed by atoms with E-state index in [1.54, 1.807) is 0 Å². The molecule has 0 aromatic carbocycles. The van der Waals surface area contributed by atoms with Gasteiger partial charge in [-0.1, -0.05) is 0 Å². The Hall–Kier alpha value is 0.0899. The zero-order valence-corrected chi connectivity index (χ0v) is 3.24. The highest BCUT2D eigenvalue weighted by Crippen LogP contribution is 1.97. The van der Waals surface area contributed by atoms with Gasteiger partial charge in [-0.15, -0.1) is 0 Å². The molecule has 6 heavy (non-hydrogen) atoms. The Labute approximate surface area is 40.9 Å². The summed E-state index contributed by atoms with van der Waals surface area (Å²) in [6.45, 7) is 1.00. The van der Waals surface area contributed by atoms with E-state index in [1.807, 2.05) is 0 Å². The van der Waals surface area contributed by atoms with E-state index in [0.717, 1.165) is 14.1 Å². The van der Waals surface area contributed by atoms with Gasteiger partial charge in [0.2, 0.25) is 0 Å². The molecule has 0 aromatic rings. The van der Waals surface area contributed by atoms with Crippen LogP contribution in [0, 0.1) is 0 Å². The van der Waals surface area contributed by atoms with Crippen molar-refractivity contribution in [2.24, 2.45) is 0 Å². The third kappa shape index (κ3) is 1.51. The van der Waals surface area contributed by atoms with Crippen molar-refractivity contribution >= 4 is 15.9 Å². The topological polar surface area (TPSA) is 9.23 Å². The molecular weight excluding hydrogens is 73.7 g/mol. The minimum absolute atomic E-state index is 0. The van der Waals surface area contributed by atoms with E-state index in [2.05, 4.69) is 0 Å². The van der Waals surface area contributed by atoms with Crippen LogP contribution < -0.4 is 0 Å². The molecule has 0 bridgehead atoms. The highest BCUT2D eigenvalue weighted by molar-refractivity contribution is 6.27. The van der Waals surface area contributed by atoms with E-state index in [0.29, 0.717) is 0 Å². The second-order valence-corrected chi connectivity index (χ2v) is 1.32. The summed E-state index contributed by atoms with van der Waals surface area (Å²) in [5.74, 6) is 0. The Morgan fingerprint density at radius 3 is 2.50 bits per heavy atom. The van der Waals surface area contributed by atoms with Gasteiger partial charge in [0, 0.05) is 6.61 Å². The molecule has 0 aliphatic carbocycles. The maximum Gasteiger partial charge on any atom is 0.274 e. The average Bonchev–Trinajstić information content (AvgIpc) is 1.76. The van der Waals surface area contributed by atoms with E-state index < -0.39 is 0 Å². The third-order valence-electron chi connectivity index (χ3n) is 0.827. The molecule has 0 N–H and O–H groups in total. The van der Waals surface area contributed by atoms with Crippen LogP contribution >= 0.6 is 0 Å². The first-order valence-corrected chi connectivity index (χ1v) is 2.08. The van der Waals surface area contributed by atoms with Crippen LogP contribution in [0.5, 0.6) is 0 Å². The summed E-state index contributed by atoms with van der Waals surface area (Å²) in [5.41, 5.74) is 0. The summed E-state index contributed by atoms with van der Waals surface area (Å²) >= 11 is 0. The monoisotopic (exact) mass is 84.1 g/mol. The lowest BCUT2D eigenvalue weighted by molar-refractivity contribution is 0.374. The molecule has 1 heterocycles. The summed E-state index contributed by atoms with van der Waals surface area (Å²) in [7, 11) is 1.00. The Balaban J connectivity index is 0.000000250. The lowest BCUT2D eigenvalue weighted by Gasteiger charge is -1.76. The lowest BCUT2D eigenvalue weighted by atomic mass is 9.98. The maximum absolute atomic E-state index is 4.94. The molecule has 34 valence electrons. The molecule has 1 fully saturated rings.